The van der Waals surface area contributed by atoms with Gasteiger partial charge in [-0.15, -0.1) is 0 Å². The van der Waals surface area contributed by atoms with Gasteiger partial charge in [0.2, 0.25) is 15.9 Å². The number of sulfonamides is 1. The van der Waals surface area contributed by atoms with E-state index in [4.69, 9.17) is 11.6 Å². The quantitative estimate of drug-likeness (QED) is 0.610. The van der Waals surface area contributed by atoms with Gasteiger partial charge in [-0.3, -0.25) is 4.79 Å². The molecule has 0 aromatic heterocycles. The van der Waals surface area contributed by atoms with Crippen molar-refractivity contribution in [2.75, 3.05) is 0 Å². The molecular weight excluding hydrogens is 431 g/mol. The molecule has 2 unspecified atom stereocenters. The van der Waals surface area contributed by atoms with Gasteiger partial charge >= 0.3 is 0 Å². The van der Waals surface area contributed by atoms with Gasteiger partial charge < -0.3 is 10.4 Å². The zero-order valence-corrected chi connectivity index (χ0v) is 18.7. The number of amides is 1. The highest BCUT2D eigenvalue weighted by molar-refractivity contribution is 7.89. The fraction of sp³-hybridized carbons (Fsp3) is 0.667. The van der Waals surface area contributed by atoms with E-state index < -0.39 is 31.9 Å². The molecule has 166 valence electrons. The molecule has 0 saturated heterocycles. The molecule has 6 nitrogen and oxygen atoms in total. The third-order valence-electron chi connectivity index (χ3n) is 6.79. The lowest BCUT2D eigenvalue weighted by Crippen LogP contribution is -2.62. The summed E-state index contributed by atoms with van der Waals surface area (Å²) >= 11 is 5.70. The summed E-state index contributed by atoms with van der Waals surface area (Å²) in [4.78, 5) is 12.2. The van der Waals surface area contributed by atoms with Crippen molar-refractivity contribution in [2.24, 2.45) is 17.8 Å². The Kier molecular flexibility index (Phi) is 5.45. The van der Waals surface area contributed by atoms with Crippen LogP contribution in [0.25, 0.3) is 0 Å². The van der Waals surface area contributed by atoms with Gasteiger partial charge in [0, 0.05) is 18.0 Å². The van der Waals surface area contributed by atoms with Crippen LogP contribution in [0, 0.1) is 23.6 Å². The topological polar surface area (TPSA) is 95.5 Å². The predicted octanol–water partition coefficient (Wildman–Crippen LogP) is 2.98. The fourth-order valence-electron chi connectivity index (χ4n) is 6.00. The van der Waals surface area contributed by atoms with Gasteiger partial charge in [0.1, 0.15) is 4.90 Å². The first-order valence-electron chi connectivity index (χ1n) is 10.4. The van der Waals surface area contributed by atoms with Crippen LogP contribution >= 0.6 is 11.6 Å². The van der Waals surface area contributed by atoms with Crippen molar-refractivity contribution in [3.63, 3.8) is 0 Å². The van der Waals surface area contributed by atoms with Crippen LogP contribution in [0.3, 0.4) is 0 Å². The number of hydrogen-bond donors (Lipinski definition) is 3. The Bertz CT molecular complexity index is 952. The van der Waals surface area contributed by atoms with Gasteiger partial charge in [-0.1, -0.05) is 17.7 Å². The van der Waals surface area contributed by atoms with Gasteiger partial charge in [-0.2, -0.15) is 0 Å². The highest BCUT2D eigenvalue weighted by Crippen LogP contribution is 2.55. The van der Waals surface area contributed by atoms with Gasteiger partial charge in [-0.05, 0) is 75.8 Å². The number of nitrogens with one attached hydrogen (secondary N) is 2. The minimum absolute atomic E-state index is 0.0205. The van der Waals surface area contributed by atoms with Crippen LogP contribution in [-0.2, 0) is 14.8 Å². The smallest absolute Gasteiger partial charge is 0.244 e. The van der Waals surface area contributed by atoms with E-state index in [1.807, 2.05) is 0 Å². The Morgan fingerprint density at radius 1 is 1.27 bits per heavy atom. The van der Waals surface area contributed by atoms with Crippen LogP contribution in [-0.4, -0.2) is 36.6 Å². The number of halogens is 2. The van der Waals surface area contributed by atoms with E-state index in [0.29, 0.717) is 5.92 Å². The van der Waals surface area contributed by atoms with E-state index in [9.17, 15) is 22.7 Å². The van der Waals surface area contributed by atoms with Crippen LogP contribution in [0.2, 0.25) is 5.02 Å². The second-order valence-corrected chi connectivity index (χ2v) is 12.1. The summed E-state index contributed by atoms with van der Waals surface area (Å²) in [6.07, 6.45) is 4.26. The predicted molar refractivity (Wildman–Crippen MR) is 111 cm³/mol. The van der Waals surface area contributed by atoms with Crippen molar-refractivity contribution in [1.29, 1.82) is 0 Å². The maximum atomic E-state index is 14.2. The van der Waals surface area contributed by atoms with Gasteiger partial charge in [0.15, 0.2) is 5.82 Å². The van der Waals surface area contributed by atoms with Crippen LogP contribution in [0.1, 0.15) is 52.4 Å². The molecule has 0 aliphatic heterocycles. The molecule has 4 saturated carbocycles. The van der Waals surface area contributed by atoms with E-state index in [1.165, 1.54) is 12.1 Å². The van der Waals surface area contributed by atoms with Crippen LogP contribution in [0.5, 0.6) is 0 Å². The molecule has 1 aromatic carbocycles. The molecule has 4 fully saturated rings. The van der Waals surface area contributed by atoms with Crippen molar-refractivity contribution < 1.29 is 22.7 Å². The summed E-state index contributed by atoms with van der Waals surface area (Å²) < 4.78 is 41.9. The zero-order valence-electron chi connectivity index (χ0n) is 17.1. The maximum absolute atomic E-state index is 14.2. The Hall–Kier alpha value is -1.22. The van der Waals surface area contributed by atoms with Crippen molar-refractivity contribution >= 4 is 27.5 Å². The van der Waals surface area contributed by atoms with Crippen LogP contribution in [0.4, 0.5) is 4.39 Å². The summed E-state index contributed by atoms with van der Waals surface area (Å²) in [5, 5.41) is 13.5. The molecule has 0 heterocycles. The highest BCUT2D eigenvalue weighted by Gasteiger charge is 2.55. The zero-order chi connectivity index (χ0) is 21.9. The molecule has 9 heteroatoms. The molecule has 0 spiro atoms. The summed E-state index contributed by atoms with van der Waals surface area (Å²) in [5.41, 5.74) is -1.70. The summed E-state index contributed by atoms with van der Waals surface area (Å²) in [6, 6.07) is 3.79. The SMILES string of the molecule is CC(C)(CC(=O)NC1C2CC3CC1CC(O)(C3)C2)NS(=O)(=O)c1cccc(Cl)c1F. The lowest BCUT2D eigenvalue weighted by atomic mass is 9.52. The van der Waals surface area contributed by atoms with Gasteiger partial charge in [-0.25, -0.2) is 17.5 Å². The van der Waals surface area contributed by atoms with Crippen LogP contribution < -0.4 is 10.0 Å². The summed E-state index contributed by atoms with van der Waals surface area (Å²) in [5.74, 6) is -0.190. The van der Waals surface area contributed by atoms with Crippen molar-refractivity contribution in [1.82, 2.24) is 10.0 Å². The lowest BCUT2D eigenvalue weighted by molar-refractivity contribution is -0.147. The standard InChI is InChI=1S/C21H28ClFN2O4S/c1-20(2,25-30(28,29)16-5-3-4-15(22)18(16)23)11-17(26)24-19-13-6-12-7-14(19)10-21(27,8-12)9-13/h3-5,12-14,19,25,27H,6-11H2,1-2H3,(H,24,26). The second kappa shape index (κ2) is 7.43. The van der Waals surface area contributed by atoms with E-state index in [-0.39, 0.29) is 35.2 Å². The fourth-order valence-corrected chi connectivity index (χ4v) is 7.75. The van der Waals surface area contributed by atoms with Crippen molar-refractivity contribution in [3.8, 4) is 0 Å². The second-order valence-electron chi connectivity index (χ2n) is 10.0. The van der Waals surface area contributed by atoms with Crippen molar-refractivity contribution in [2.45, 2.75) is 74.4 Å². The Balaban J connectivity index is 1.41. The minimum atomic E-state index is -4.20. The molecule has 4 aliphatic rings. The first kappa shape index (κ1) is 22.0. The average molecular weight is 459 g/mol. The molecule has 3 N–H and O–H groups in total. The monoisotopic (exact) mass is 458 g/mol. The van der Waals surface area contributed by atoms with E-state index in [2.05, 4.69) is 10.0 Å². The molecule has 4 aliphatic carbocycles. The van der Waals surface area contributed by atoms with Crippen LogP contribution in [0.15, 0.2) is 23.1 Å². The average Bonchev–Trinajstić information content (AvgIpc) is 2.57. The maximum Gasteiger partial charge on any atom is 0.244 e. The Labute approximate surface area is 181 Å². The summed E-state index contributed by atoms with van der Waals surface area (Å²) in [6.45, 7) is 3.18. The van der Waals surface area contributed by atoms with E-state index >= 15 is 0 Å². The number of benzene rings is 1. The first-order valence-corrected chi connectivity index (χ1v) is 12.2. The molecule has 1 amide bonds. The van der Waals surface area contributed by atoms with E-state index in [0.717, 1.165) is 38.2 Å². The molecule has 30 heavy (non-hydrogen) atoms. The number of carbonyl (C=O) groups excluding carboxylic acids is 1. The third-order valence-corrected chi connectivity index (χ3v) is 8.79. The third kappa shape index (κ3) is 4.24. The minimum Gasteiger partial charge on any atom is -0.390 e. The Morgan fingerprint density at radius 3 is 2.50 bits per heavy atom. The van der Waals surface area contributed by atoms with Gasteiger partial charge in [0.05, 0.1) is 10.6 Å². The number of carbonyl (C=O) groups is 1. The van der Waals surface area contributed by atoms with E-state index in [1.54, 1.807) is 13.8 Å². The largest absolute Gasteiger partial charge is 0.390 e. The molecular formula is C21H28ClFN2O4S. The highest BCUT2D eigenvalue weighted by atomic mass is 35.5. The number of hydrogen-bond acceptors (Lipinski definition) is 4. The molecule has 2 atom stereocenters. The Morgan fingerprint density at radius 2 is 1.90 bits per heavy atom. The first-order chi connectivity index (χ1) is 13.9. The lowest BCUT2D eigenvalue weighted by Gasteiger charge is -2.58. The normalized spacial score (nSPS) is 33.0. The molecule has 0 radical (unpaired) electrons. The summed E-state index contributed by atoms with van der Waals surface area (Å²) in [7, 11) is -4.20. The molecule has 4 bridgehead atoms. The molecule has 5 rings (SSSR count). The van der Waals surface area contributed by atoms with Crippen molar-refractivity contribution in [3.05, 3.63) is 29.0 Å². The van der Waals surface area contributed by atoms with Gasteiger partial charge in [0.25, 0.3) is 0 Å². The number of aliphatic hydroxyl groups is 1. The number of rotatable bonds is 6. The molecule has 1 aromatic rings.